The average molecular weight is 266 g/mol. The standard InChI is InChI=1S/C14H22N2O3/c1-3-5-12(4-2)15-10-13(17)16-8-6-11(7-9-16)14(18)19/h1,11-12,15H,4-10H2,2H3,(H,18,19). The van der Waals surface area contributed by atoms with E-state index in [2.05, 4.69) is 11.2 Å². The summed E-state index contributed by atoms with van der Waals surface area (Å²) >= 11 is 0. The molecule has 0 bridgehead atoms. The summed E-state index contributed by atoms with van der Waals surface area (Å²) in [5, 5.41) is 12.0. The number of carboxylic acids is 1. The molecule has 5 nitrogen and oxygen atoms in total. The molecule has 106 valence electrons. The van der Waals surface area contributed by atoms with E-state index in [9.17, 15) is 9.59 Å². The molecule has 0 aromatic heterocycles. The molecule has 0 aliphatic carbocycles. The number of carbonyl (C=O) groups excluding carboxylic acids is 1. The van der Waals surface area contributed by atoms with Gasteiger partial charge in [0.2, 0.25) is 5.91 Å². The van der Waals surface area contributed by atoms with Crippen LogP contribution in [-0.4, -0.2) is 47.6 Å². The third-order valence-electron chi connectivity index (χ3n) is 3.60. The number of terminal acetylenes is 1. The molecule has 0 aromatic carbocycles. The van der Waals surface area contributed by atoms with Gasteiger partial charge in [-0.25, -0.2) is 0 Å². The van der Waals surface area contributed by atoms with Gasteiger partial charge in [-0.05, 0) is 19.3 Å². The minimum Gasteiger partial charge on any atom is -0.481 e. The SMILES string of the molecule is C#CCC(CC)NCC(=O)N1CCC(C(=O)O)CC1. The Morgan fingerprint density at radius 1 is 1.47 bits per heavy atom. The van der Waals surface area contributed by atoms with Crippen molar-refractivity contribution in [1.29, 1.82) is 0 Å². The van der Waals surface area contributed by atoms with Crippen molar-refractivity contribution in [3.63, 3.8) is 0 Å². The topological polar surface area (TPSA) is 69.6 Å². The lowest BCUT2D eigenvalue weighted by molar-refractivity contribution is -0.145. The van der Waals surface area contributed by atoms with Gasteiger partial charge in [0.1, 0.15) is 0 Å². The van der Waals surface area contributed by atoms with E-state index in [0.29, 0.717) is 32.4 Å². The molecule has 0 aromatic rings. The number of piperidine rings is 1. The molecule has 2 N–H and O–H groups in total. The second-order valence-corrected chi connectivity index (χ2v) is 4.89. The fraction of sp³-hybridized carbons (Fsp3) is 0.714. The lowest BCUT2D eigenvalue weighted by Crippen LogP contribution is -2.45. The van der Waals surface area contributed by atoms with Crippen molar-refractivity contribution in [2.45, 2.75) is 38.6 Å². The second kappa shape index (κ2) is 7.80. The summed E-state index contributed by atoms with van der Waals surface area (Å²) < 4.78 is 0. The first-order valence-corrected chi connectivity index (χ1v) is 6.75. The molecular formula is C14H22N2O3. The van der Waals surface area contributed by atoms with E-state index in [1.165, 1.54) is 0 Å². The number of rotatable bonds is 6. The zero-order valence-corrected chi connectivity index (χ0v) is 11.4. The fourth-order valence-corrected chi connectivity index (χ4v) is 2.22. The predicted octanol–water partition coefficient (Wildman–Crippen LogP) is 0.701. The Morgan fingerprint density at radius 2 is 2.11 bits per heavy atom. The van der Waals surface area contributed by atoms with E-state index < -0.39 is 5.97 Å². The smallest absolute Gasteiger partial charge is 0.306 e. The van der Waals surface area contributed by atoms with Crippen LogP contribution in [0.3, 0.4) is 0 Å². The summed E-state index contributed by atoms with van der Waals surface area (Å²) in [5.74, 6) is 1.55. The Balaban J connectivity index is 2.31. The van der Waals surface area contributed by atoms with Crippen molar-refractivity contribution in [3.05, 3.63) is 0 Å². The maximum absolute atomic E-state index is 12.0. The summed E-state index contributed by atoms with van der Waals surface area (Å²) in [6.07, 6.45) is 7.85. The van der Waals surface area contributed by atoms with Crippen LogP contribution in [0.25, 0.3) is 0 Å². The van der Waals surface area contributed by atoms with Crippen molar-refractivity contribution in [1.82, 2.24) is 10.2 Å². The number of hydrogen-bond donors (Lipinski definition) is 2. The predicted molar refractivity (Wildman–Crippen MR) is 72.5 cm³/mol. The third kappa shape index (κ3) is 4.92. The molecule has 1 unspecified atom stereocenters. The molecule has 1 aliphatic rings. The molecule has 1 fully saturated rings. The van der Waals surface area contributed by atoms with Crippen LogP contribution in [0.1, 0.15) is 32.6 Å². The summed E-state index contributed by atoms with van der Waals surface area (Å²) in [7, 11) is 0. The van der Waals surface area contributed by atoms with E-state index >= 15 is 0 Å². The van der Waals surface area contributed by atoms with Crippen LogP contribution in [0.15, 0.2) is 0 Å². The van der Waals surface area contributed by atoms with E-state index in [4.69, 9.17) is 11.5 Å². The van der Waals surface area contributed by atoms with Crippen LogP contribution >= 0.6 is 0 Å². The van der Waals surface area contributed by atoms with Gasteiger partial charge in [-0.2, -0.15) is 0 Å². The van der Waals surface area contributed by atoms with Gasteiger partial charge in [-0.3, -0.25) is 9.59 Å². The van der Waals surface area contributed by atoms with E-state index in [-0.39, 0.29) is 24.4 Å². The first-order valence-electron chi connectivity index (χ1n) is 6.75. The van der Waals surface area contributed by atoms with Crippen LogP contribution in [-0.2, 0) is 9.59 Å². The van der Waals surface area contributed by atoms with E-state index in [0.717, 1.165) is 6.42 Å². The minimum absolute atomic E-state index is 0.0271. The fourth-order valence-electron chi connectivity index (χ4n) is 2.22. The van der Waals surface area contributed by atoms with Crippen molar-refractivity contribution < 1.29 is 14.7 Å². The lowest BCUT2D eigenvalue weighted by atomic mass is 9.97. The van der Waals surface area contributed by atoms with Crippen LogP contribution in [0.4, 0.5) is 0 Å². The maximum atomic E-state index is 12.0. The molecule has 5 heteroatoms. The zero-order chi connectivity index (χ0) is 14.3. The minimum atomic E-state index is -0.759. The van der Waals surface area contributed by atoms with E-state index in [1.54, 1.807) is 4.90 Å². The highest BCUT2D eigenvalue weighted by Gasteiger charge is 2.26. The van der Waals surface area contributed by atoms with Gasteiger partial charge < -0.3 is 15.3 Å². The molecule has 0 radical (unpaired) electrons. The Kier molecular flexibility index (Phi) is 6.37. The molecular weight excluding hydrogens is 244 g/mol. The highest BCUT2D eigenvalue weighted by atomic mass is 16.4. The molecule has 1 saturated heterocycles. The molecule has 1 aliphatic heterocycles. The molecule has 19 heavy (non-hydrogen) atoms. The van der Waals surface area contributed by atoms with Gasteiger partial charge in [0.15, 0.2) is 0 Å². The lowest BCUT2D eigenvalue weighted by Gasteiger charge is -2.30. The maximum Gasteiger partial charge on any atom is 0.306 e. The Morgan fingerprint density at radius 3 is 2.58 bits per heavy atom. The van der Waals surface area contributed by atoms with Crippen LogP contribution in [0.5, 0.6) is 0 Å². The van der Waals surface area contributed by atoms with Crippen molar-refractivity contribution in [3.8, 4) is 12.3 Å². The van der Waals surface area contributed by atoms with Gasteiger partial charge in [0, 0.05) is 25.6 Å². The normalized spacial score (nSPS) is 17.8. The molecule has 0 spiro atoms. The number of nitrogens with zero attached hydrogens (tertiary/aromatic N) is 1. The number of carbonyl (C=O) groups is 2. The number of aliphatic carboxylic acids is 1. The van der Waals surface area contributed by atoms with Gasteiger partial charge in [0.25, 0.3) is 0 Å². The number of carboxylic acid groups (broad SMARTS) is 1. The molecule has 1 amide bonds. The van der Waals surface area contributed by atoms with Gasteiger partial charge in [-0.1, -0.05) is 6.92 Å². The van der Waals surface area contributed by atoms with Crippen LogP contribution < -0.4 is 5.32 Å². The first kappa shape index (κ1) is 15.5. The van der Waals surface area contributed by atoms with Crippen LogP contribution in [0, 0.1) is 18.3 Å². The summed E-state index contributed by atoms with van der Waals surface area (Å²) in [4.78, 5) is 24.5. The average Bonchev–Trinajstić information content (AvgIpc) is 2.43. The number of nitrogens with one attached hydrogen (secondary N) is 1. The summed E-state index contributed by atoms with van der Waals surface area (Å²) in [6.45, 7) is 3.36. The Hall–Kier alpha value is -1.54. The largest absolute Gasteiger partial charge is 0.481 e. The van der Waals surface area contributed by atoms with Gasteiger partial charge in [-0.15, -0.1) is 12.3 Å². The van der Waals surface area contributed by atoms with Crippen molar-refractivity contribution >= 4 is 11.9 Å². The third-order valence-corrected chi connectivity index (χ3v) is 3.60. The Labute approximate surface area is 114 Å². The highest BCUT2D eigenvalue weighted by Crippen LogP contribution is 2.17. The summed E-state index contributed by atoms with van der Waals surface area (Å²) in [6, 6.07) is 0.172. The Bertz CT molecular complexity index is 354. The number of amides is 1. The van der Waals surface area contributed by atoms with Gasteiger partial charge >= 0.3 is 5.97 Å². The van der Waals surface area contributed by atoms with Crippen molar-refractivity contribution in [2.75, 3.05) is 19.6 Å². The molecule has 1 heterocycles. The van der Waals surface area contributed by atoms with Crippen LogP contribution in [0.2, 0.25) is 0 Å². The van der Waals surface area contributed by atoms with Crippen molar-refractivity contribution in [2.24, 2.45) is 5.92 Å². The highest BCUT2D eigenvalue weighted by molar-refractivity contribution is 5.79. The molecule has 0 saturated carbocycles. The number of hydrogen-bond acceptors (Lipinski definition) is 3. The van der Waals surface area contributed by atoms with E-state index in [1.807, 2.05) is 6.92 Å². The van der Waals surface area contributed by atoms with Gasteiger partial charge in [0.05, 0.1) is 12.5 Å². The molecule has 1 rings (SSSR count). The monoisotopic (exact) mass is 266 g/mol. The zero-order valence-electron chi connectivity index (χ0n) is 11.4. The number of likely N-dealkylation sites (tertiary alicyclic amines) is 1. The molecule has 1 atom stereocenters. The quantitative estimate of drug-likeness (QED) is 0.694. The summed E-state index contributed by atoms with van der Waals surface area (Å²) in [5.41, 5.74) is 0. The second-order valence-electron chi connectivity index (χ2n) is 4.89. The first-order chi connectivity index (χ1) is 9.08.